The van der Waals surface area contributed by atoms with Crippen LogP contribution in [-0.4, -0.2) is 44.2 Å². The number of piperidine rings is 1. The van der Waals surface area contributed by atoms with Crippen molar-refractivity contribution in [3.8, 4) is 0 Å². The van der Waals surface area contributed by atoms with E-state index in [1.54, 1.807) is 4.31 Å². The normalized spacial score (nSPS) is 27.6. The summed E-state index contributed by atoms with van der Waals surface area (Å²) in [4.78, 5) is 0. The average Bonchev–Trinajstić information content (AvgIpc) is 2.19. The van der Waals surface area contributed by atoms with E-state index in [9.17, 15) is 8.42 Å². The van der Waals surface area contributed by atoms with Gasteiger partial charge >= 0.3 is 0 Å². The van der Waals surface area contributed by atoms with Crippen molar-refractivity contribution in [2.75, 3.05) is 25.4 Å². The molecule has 0 aromatic carbocycles. The van der Waals surface area contributed by atoms with Gasteiger partial charge in [0, 0.05) is 19.1 Å². The van der Waals surface area contributed by atoms with Crippen molar-refractivity contribution in [2.24, 2.45) is 11.8 Å². The third-order valence-electron chi connectivity index (χ3n) is 3.27. The van der Waals surface area contributed by atoms with Crippen molar-refractivity contribution in [1.29, 1.82) is 0 Å². The highest BCUT2D eigenvalue weighted by atomic mass is 32.2. The van der Waals surface area contributed by atoms with Gasteiger partial charge in [0.05, 0.1) is 5.75 Å². The van der Waals surface area contributed by atoms with Crippen LogP contribution in [0.2, 0.25) is 0 Å². The maximum absolute atomic E-state index is 12.1. The summed E-state index contributed by atoms with van der Waals surface area (Å²) in [6, 6.07) is 0.463. The molecule has 0 aromatic rings. The van der Waals surface area contributed by atoms with Gasteiger partial charge in [-0.3, -0.25) is 0 Å². The summed E-state index contributed by atoms with van der Waals surface area (Å²) in [5.74, 6) is 0.860. The van der Waals surface area contributed by atoms with Crippen LogP contribution in [0.4, 0.5) is 0 Å². The third-order valence-corrected chi connectivity index (χ3v) is 5.48. The summed E-state index contributed by atoms with van der Waals surface area (Å²) < 4.78 is 25.9. The van der Waals surface area contributed by atoms with Gasteiger partial charge in [-0.15, -0.1) is 0 Å². The molecule has 0 bridgehead atoms. The summed E-state index contributed by atoms with van der Waals surface area (Å²) in [7, 11) is -3.05. The van der Waals surface area contributed by atoms with Gasteiger partial charge in [-0.2, -0.15) is 0 Å². The minimum Gasteiger partial charge on any atom is -0.314 e. The number of hydrogen-bond donors (Lipinski definition) is 1. The maximum Gasteiger partial charge on any atom is 0.214 e. The van der Waals surface area contributed by atoms with Crippen molar-refractivity contribution >= 4 is 10.0 Å². The van der Waals surface area contributed by atoms with E-state index < -0.39 is 10.0 Å². The standard InChI is InChI=1S/C12H26N2O2S/c1-5-13-12-6-7-14(8-11(12)4)17(15,16)9-10(2)3/h10-13H,5-9H2,1-4H3. The Morgan fingerprint density at radius 1 is 1.41 bits per heavy atom. The smallest absolute Gasteiger partial charge is 0.214 e. The molecule has 17 heavy (non-hydrogen) atoms. The molecule has 5 heteroatoms. The van der Waals surface area contributed by atoms with Crippen LogP contribution in [0.3, 0.4) is 0 Å². The lowest BCUT2D eigenvalue weighted by Crippen LogP contribution is -2.50. The molecule has 1 saturated heterocycles. The zero-order chi connectivity index (χ0) is 13.1. The molecule has 1 aliphatic heterocycles. The first-order valence-corrected chi connectivity index (χ1v) is 8.19. The van der Waals surface area contributed by atoms with Crippen molar-refractivity contribution in [3.05, 3.63) is 0 Å². The monoisotopic (exact) mass is 262 g/mol. The topological polar surface area (TPSA) is 49.4 Å². The van der Waals surface area contributed by atoms with Crippen LogP contribution < -0.4 is 5.32 Å². The highest BCUT2D eigenvalue weighted by molar-refractivity contribution is 7.89. The molecule has 2 atom stereocenters. The van der Waals surface area contributed by atoms with E-state index in [0.29, 0.717) is 25.0 Å². The van der Waals surface area contributed by atoms with E-state index in [1.807, 2.05) is 13.8 Å². The highest BCUT2D eigenvalue weighted by Crippen LogP contribution is 2.20. The van der Waals surface area contributed by atoms with Gasteiger partial charge in [-0.05, 0) is 24.8 Å². The molecular weight excluding hydrogens is 236 g/mol. The largest absolute Gasteiger partial charge is 0.314 e. The number of rotatable bonds is 5. The molecule has 2 unspecified atom stereocenters. The van der Waals surface area contributed by atoms with E-state index >= 15 is 0 Å². The fourth-order valence-electron chi connectivity index (χ4n) is 2.45. The van der Waals surface area contributed by atoms with Gasteiger partial charge in [-0.1, -0.05) is 27.7 Å². The minimum atomic E-state index is -3.05. The van der Waals surface area contributed by atoms with Crippen molar-refractivity contribution in [3.63, 3.8) is 0 Å². The molecule has 1 aliphatic rings. The van der Waals surface area contributed by atoms with Crippen molar-refractivity contribution < 1.29 is 8.42 Å². The van der Waals surface area contributed by atoms with Crippen molar-refractivity contribution in [1.82, 2.24) is 9.62 Å². The molecule has 0 aromatic heterocycles. The average molecular weight is 262 g/mol. The Bertz CT molecular complexity index is 327. The van der Waals surface area contributed by atoms with Crippen LogP contribution in [0.5, 0.6) is 0 Å². The molecule has 4 nitrogen and oxygen atoms in total. The van der Waals surface area contributed by atoms with Crippen LogP contribution in [0.25, 0.3) is 0 Å². The number of hydrogen-bond acceptors (Lipinski definition) is 3. The maximum atomic E-state index is 12.1. The molecule has 0 amide bonds. The fourth-order valence-corrected chi connectivity index (χ4v) is 4.35. The SMILES string of the molecule is CCNC1CCN(S(=O)(=O)CC(C)C)CC1C. The molecule has 0 saturated carbocycles. The molecular formula is C12H26N2O2S. The summed E-state index contributed by atoms with van der Waals surface area (Å²) in [6.45, 7) is 10.4. The zero-order valence-electron chi connectivity index (χ0n) is 11.4. The van der Waals surface area contributed by atoms with Gasteiger partial charge in [0.1, 0.15) is 0 Å². The first kappa shape index (κ1) is 14.9. The van der Waals surface area contributed by atoms with E-state index in [-0.39, 0.29) is 11.7 Å². The molecule has 0 spiro atoms. The Morgan fingerprint density at radius 2 is 2.06 bits per heavy atom. The predicted molar refractivity (Wildman–Crippen MR) is 71.4 cm³/mol. The van der Waals surface area contributed by atoms with Crippen LogP contribution in [0, 0.1) is 11.8 Å². The molecule has 1 N–H and O–H groups in total. The lowest BCUT2D eigenvalue weighted by Gasteiger charge is -2.36. The second-order valence-corrected chi connectivity index (χ2v) is 7.47. The van der Waals surface area contributed by atoms with E-state index in [1.165, 1.54) is 0 Å². The van der Waals surface area contributed by atoms with Gasteiger partial charge in [0.25, 0.3) is 0 Å². The van der Waals surface area contributed by atoms with E-state index in [0.717, 1.165) is 13.0 Å². The molecule has 0 radical (unpaired) electrons. The molecule has 1 heterocycles. The molecule has 1 rings (SSSR count). The Labute approximate surface area is 106 Å². The van der Waals surface area contributed by atoms with Crippen LogP contribution in [0.15, 0.2) is 0 Å². The molecule has 1 fully saturated rings. The minimum absolute atomic E-state index is 0.196. The number of nitrogens with one attached hydrogen (secondary N) is 1. The fraction of sp³-hybridized carbons (Fsp3) is 1.00. The summed E-state index contributed by atoms with van der Waals surface area (Å²) in [5.41, 5.74) is 0. The second-order valence-electron chi connectivity index (χ2n) is 5.46. The van der Waals surface area contributed by atoms with Crippen LogP contribution in [0.1, 0.15) is 34.1 Å². The third kappa shape index (κ3) is 4.23. The Balaban J connectivity index is 2.60. The van der Waals surface area contributed by atoms with Crippen LogP contribution in [-0.2, 0) is 10.0 Å². The lowest BCUT2D eigenvalue weighted by molar-refractivity contribution is 0.222. The highest BCUT2D eigenvalue weighted by Gasteiger charge is 2.32. The van der Waals surface area contributed by atoms with Gasteiger partial charge in [0.2, 0.25) is 10.0 Å². The lowest BCUT2D eigenvalue weighted by atomic mass is 9.95. The Hall–Kier alpha value is -0.130. The van der Waals surface area contributed by atoms with E-state index in [4.69, 9.17) is 0 Å². The summed E-state index contributed by atoms with van der Waals surface area (Å²) in [5, 5.41) is 3.43. The van der Waals surface area contributed by atoms with Gasteiger partial charge < -0.3 is 5.32 Å². The first-order valence-electron chi connectivity index (χ1n) is 6.58. The van der Waals surface area contributed by atoms with Gasteiger partial charge in [0.15, 0.2) is 0 Å². The summed E-state index contributed by atoms with van der Waals surface area (Å²) in [6.07, 6.45) is 0.923. The van der Waals surface area contributed by atoms with Gasteiger partial charge in [-0.25, -0.2) is 12.7 Å². The number of nitrogens with zero attached hydrogens (tertiary/aromatic N) is 1. The zero-order valence-corrected chi connectivity index (χ0v) is 12.3. The molecule has 0 aliphatic carbocycles. The first-order chi connectivity index (χ1) is 7.86. The second kappa shape index (κ2) is 6.16. The van der Waals surface area contributed by atoms with Crippen LogP contribution >= 0.6 is 0 Å². The summed E-state index contributed by atoms with van der Waals surface area (Å²) >= 11 is 0. The quantitative estimate of drug-likeness (QED) is 0.812. The number of sulfonamides is 1. The Morgan fingerprint density at radius 3 is 2.53 bits per heavy atom. The Kier molecular flexibility index (Phi) is 5.41. The predicted octanol–water partition coefficient (Wildman–Crippen LogP) is 1.29. The van der Waals surface area contributed by atoms with Crippen molar-refractivity contribution in [2.45, 2.75) is 40.2 Å². The molecule has 102 valence electrons. The van der Waals surface area contributed by atoms with E-state index in [2.05, 4.69) is 19.2 Å².